The summed E-state index contributed by atoms with van der Waals surface area (Å²) in [5.74, 6) is -0.594. The van der Waals surface area contributed by atoms with Crippen molar-refractivity contribution in [3.8, 4) is 0 Å². The molecule has 126 valence electrons. The summed E-state index contributed by atoms with van der Waals surface area (Å²) in [6, 6.07) is 9.68. The number of piperidine rings is 1. The van der Waals surface area contributed by atoms with Gasteiger partial charge in [-0.3, -0.25) is 4.79 Å². The van der Waals surface area contributed by atoms with Gasteiger partial charge in [0.1, 0.15) is 6.61 Å². The molecule has 2 aromatic rings. The zero-order chi connectivity index (χ0) is 16.9. The van der Waals surface area contributed by atoms with Crippen molar-refractivity contribution in [3.63, 3.8) is 0 Å². The third kappa shape index (κ3) is 3.70. The third-order valence-corrected chi connectivity index (χ3v) is 4.06. The number of hydrogen-bond donors (Lipinski definition) is 1. The molecule has 1 aliphatic heterocycles. The summed E-state index contributed by atoms with van der Waals surface area (Å²) in [6.45, 7) is 1.42. The van der Waals surface area contributed by atoms with Gasteiger partial charge in [-0.1, -0.05) is 35.5 Å². The highest BCUT2D eigenvalue weighted by atomic mass is 16.6. The monoisotopic (exact) mass is 329 g/mol. The maximum absolute atomic E-state index is 12.1. The van der Waals surface area contributed by atoms with E-state index in [-0.39, 0.29) is 24.4 Å². The van der Waals surface area contributed by atoms with Crippen molar-refractivity contribution >= 4 is 12.0 Å². The van der Waals surface area contributed by atoms with Crippen LogP contribution in [0.4, 0.5) is 4.79 Å². The van der Waals surface area contributed by atoms with Crippen molar-refractivity contribution in [1.29, 1.82) is 0 Å². The van der Waals surface area contributed by atoms with Gasteiger partial charge >= 0.3 is 6.09 Å². The molecule has 0 aliphatic carbocycles. The van der Waals surface area contributed by atoms with Crippen LogP contribution in [-0.2, 0) is 11.3 Å². The Hall–Kier alpha value is -2.90. The molecule has 1 aromatic carbocycles. The number of primary amides is 1. The minimum atomic E-state index is -0.594. The van der Waals surface area contributed by atoms with E-state index in [1.54, 1.807) is 15.8 Å². The quantitative estimate of drug-likeness (QED) is 0.912. The largest absolute Gasteiger partial charge is 0.445 e. The minimum absolute atomic E-state index is 0.101. The molecule has 2 amide bonds. The second-order valence-electron chi connectivity index (χ2n) is 5.71. The van der Waals surface area contributed by atoms with E-state index < -0.39 is 5.91 Å². The number of benzene rings is 1. The predicted octanol–water partition coefficient (Wildman–Crippen LogP) is 1.35. The first-order chi connectivity index (χ1) is 11.6. The number of nitrogens with zero attached hydrogens (tertiary/aromatic N) is 4. The van der Waals surface area contributed by atoms with Crippen molar-refractivity contribution in [3.05, 3.63) is 47.8 Å². The van der Waals surface area contributed by atoms with Crippen LogP contribution in [-0.4, -0.2) is 45.0 Å². The molecule has 0 bridgehead atoms. The van der Waals surface area contributed by atoms with Crippen molar-refractivity contribution in [2.75, 3.05) is 13.1 Å². The highest BCUT2D eigenvalue weighted by molar-refractivity contribution is 5.90. The molecular formula is C16H19N5O3. The lowest BCUT2D eigenvalue weighted by molar-refractivity contribution is 0.0820. The number of ether oxygens (including phenoxy) is 1. The lowest BCUT2D eigenvalue weighted by atomic mass is 10.1. The summed E-state index contributed by atoms with van der Waals surface area (Å²) >= 11 is 0. The Morgan fingerprint density at radius 3 is 2.54 bits per heavy atom. The Bertz CT molecular complexity index is 708. The molecule has 1 saturated heterocycles. The third-order valence-electron chi connectivity index (χ3n) is 4.06. The molecule has 8 nitrogen and oxygen atoms in total. The first-order valence-corrected chi connectivity index (χ1v) is 7.81. The molecule has 3 rings (SSSR count). The lowest BCUT2D eigenvalue weighted by Gasteiger charge is -2.31. The molecule has 2 heterocycles. The molecule has 2 N–H and O–H groups in total. The average molecular weight is 329 g/mol. The van der Waals surface area contributed by atoms with E-state index in [9.17, 15) is 9.59 Å². The van der Waals surface area contributed by atoms with E-state index in [4.69, 9.17) is 10.5 Å². The van der Waals surface area contributed by atoms with Crippen molar-refractivity contribution in [2.24, 2.45) is 5.73 Å². The van der Waals surface area contributed by atoms with Crippen LogP contribution in [0.2, 0.25) is 0 Å². The fourth-order valence-corrected chi connectivity index (χ4v) is 2.69. The van der Waals surface area contributed by atoms with Crippen LogP contribution in [0.25, 0.3) is 0 Å². The SMILES string of the molecule is NC(=O)c1cn(C2CCN(C(=O)OCc3ccccc3)CC2)nn1. The molecule has 8 heteroatoms. The highest BCUT2D eigenvalue weighted by Gasteiger charge is 2.25. The summed E-state index contributed by atoms with van der Waals surface area (Å²) in [4.78, 5) is 24.9. The van der Waals surface area contributed by atoms with Gasteiger partial charge < -0.3 is 15.4 Å². The molecule has 0 unspecified atom stereocenters. The fourth-order valence-electron chi connectivity index (χ4n) is 2.69. The van der Waals surface area contributed by atoms with Crippen LogP contribution in [0.3, 0.4) is 0 Å². The van der Waals surface area contributed by atoms with E-state index >= 15 is 0 Å². The normalized spacial score (nSPS) is 15.2. The van der Waals surface area contributed by atoms with Gasteiger partial charge in [-0.15, -0.1) is 5.10 Å². The maximum Gasteiger partial charge on any atom is 0.410 e. The van der Waals surface area contributed by atoms with Crippen LogP contribution in [0.5, 0.6) is 0 Å². The average Bonchev–Trinajstić information content (AvgIpc) is 3.11. The Kier molecular flexibility index (Phi) is 4.74. The second kappa shape index (κ2) is 7.12. The number of carbonyl (C=O) groups excluding carboxylic acids is 2. The minimum Gasteiger partial charge on any atom is -0.445 e. The number of rotatable bonds is 4. The molecule has 0 radical (unpaired) electrons. The summed E-state index contributed by atoms with van der Waals surface area (Å²) in [5, 5.41) is 7.68. The molecule has 0 spiro atoms. The molecular weight excluding hydrogens is 310 g/mol. The van der Waals surface area contributed by atoms with Gasteiger partial charge in [-0.2, -0.15) is 0 Å². The topological polar surface area (TPSA) is 103 Å². The number of carbonyl (C=O) groups is 2. The van der Waals surface area contributed by atoms with E-state index in [2.05, 4.69) is 10.3 Å². The smallest absolute Gasteiger partial charge is 0.410 e. The van der Waals surface area contributed by atoms with Crippen LogP contribution in [0.1, 0.15) is 34.9 Å². The number of aromatic nitrogens is 3. The van der Waals surface area contributed by atoms with Crippen molar-refractivity contribution < 1.29 is 14.3 Å². The number of hydrogen-bond acceptors (Lipinski definition) is 5. The standard InChI is InChI=1S/C16H19N5O3/c17-15(22)14-10-21(19-18-14)13-6-8-20(9-7-13)16(23)24-11-12-4-2-1-3-5-12/h1-5,10,13H,6-9,11H2,(H2,17,22). The van der Waals surface area contributed by atoms with Gasteiger partial charge in [0.25, 0.3) is 5.91 Å². The molecule has 1 aromatic heterocycles. The fraction of sp³-hybridized carbons (Fsp3) is 0.375. The summed E-state index contributed by atoms with van der Waals surface area (Å²) in [7, 11) is 0. The zero-order valence-electron chi connectivity index (χ0n) is 13.2. The van der Waals surface area contributed by atoms with E-state index in [1.807, 2.05) is 30.3 Å². The summed E-state index contributed by atoms with van der Waals surface area (Å²) < 4.78 is 6.98. The van der Waals surface area contributed by atoms with Crippen molar-refractivity contribution in [1.82, 2.24) is 19.9 Å². The van der Waals surface area contributed by atoms with Crippen LogP contribution >= 0.6 is 0 Å². The molecule has 24 heavy (non-hydrogen) atoms. The van der Waals surface area contributed by atoms with Crippen molar-refractivity contribution in [2.45, 2.75) is 25.5 Å². The van der Waals surface area contributed by atoms with E-state index in [1.165, 1.54) is 0 Å². The van der Waals surface area contributed by atoms with Gasteiger partial charge in [0, 0.05) is 13.1 Å². The number of nitrogens with two attached hydrogens (primary N) is 1. The van der Waals surface area contributed by atoms with Crippen LogP contribution < -0.4 is 5.73 Å². The second-order valence-corrected chi connectivity index (χ2v) is 5.71. The molecule has 0 saturated carbocycles. The Labute approximate surface area is 139 Å². The van der Waals surface area contributed by atoms with Gasteiger partial charge in [0.15, 0.2) is 5.69 Å². The Morgan fingerprint density at radius 2 is 1.92 bits per heavy atom. The van der Waals surface area contributed by atoms with E-state index in [0.717, 1.165) is 18.4 Å². The summed E-state index contributed by atoms with van der Waals surface area (Å²) in [6.07, 6.45) is 2.69. The first-order valence-electron chi connectivity index (χ1n) is 7.81. The zero-order valence-corrected chi connectivity index (χ0v) is 13.2. The Balaban J connectivity index is 1.49. The van der Waals surface area contributed by atoms with Gasteiger partial charge in [-0.25, -0.2) is 9.48 Å². The molecule has 1 fully saturated rings. The lowest BCUT2D eigenvalue weighted by Crippen LogP contribution is -2.39. The molecule has 0 atom stereocenters. The molecule has 1 aliphatic rings. The maximum atomic E-state index is 12.1. The summed E-state index contributed by atoms with van der Waals surface area (Å²) in [5.41, 5.74) is 6.29. The highest BCUT2D eigenvalue weighted by Crippen LogP contribution is 2.22. The number of likely N-dealkylation sites (tertiary alicyclic amines) is 1. The predicted molar refractivity (Wildman–Crippen MR) is 85.0 cm³/mol. The van der Waals surface area contributed by atoms with Crippen LogP contribution in [0.15, 0.2) is 36.5 Å². The van der Waals surface area contributed by atoms with E-state index in [0.29, 0.717) is 13.1 Å². The van der Waals surface area contributed by atoms with Gasteiger partial charge in [0.2, 0.25) is 0 Å². The Morgan fingerprint density at radius 1 is 1.21 bits per heavy atom. The van der Waals surface area contributed by atoms with Gasteiger partial charge in [0.05, 0.1) is 12.2 Å². The van der Waals surface area contributed by atoms with Gasteiger partial charge in [-0.05, 0) is 18.4 Å². The first kappa shape index (κ1) is 16.0. The van der Waals surface area contributed by atoms with Crippen LogP contribution in [0, 0.1) is 0 Å². The number of amides is 2.